The summed E-state index contributed by atoms with van der Waals surface area (Å²) in [6.45, 7) is 6.19. The second-order valence-electron chi connectivity index (χ2n) is 6.08. The fraction of sp³-hybridized carbons (Fsp3) is 0.412. The van der Waals surface area contributed by atoms with Crippen LogP contribution >= 0.6 is 23.2 Å². The Morgan fingerprint density at radius 1 is 1.29 bits per heavy atom. The Bertz CT molecular complexity index is 716. The highest BCUT2D eigenvalue weighted by molar-refractivity contribution is 6.35. The molecule has 1 N–H and O–H groups in total. The van der Waals surface area contributed by atoms with Crippen molar-refractivity contribution in [3.63, 3.8) is 0 Å². The van der Waals surface area contributed by atoms with Crippen molar-refractivity contribution >= 4 is 35.0 Å². The Hall–Kier alpha value is -1.56. The minimum Gasteiger partial charge on any atom is -0.338 e. The Morgan fingerprint density at radius 3 is 2.58 bits per heavy atom. The fourth-order valence-electron chi connectivity index (χ4n) is 2.24. The summed E-state index contributed by atoms with van der Waals surface area (Å²) in [5.41, 5.74) is 1.72. The second-order valence-corrected chi connectivity index (χ2v) is 6.92. The highest BCUT2D eigenvalue weighted by atomic mass is 35.5. The molecule has 0 saturated heterocycles. The van der Waals surface area contributed by atoms with E-state index in [2.05, 4.69) is 10.5 Å². The lowest BCUT2D eigenvalue weighted by atomic mass is 10.1. The SMILES string of the molecule is CC(C)c1cc(NC(=O)CN(C)C(C)c2ccc(Cl)cc2Cl)on1. The van der Waals surface area contributed by atoms with E-state index in [9.17, 15) is 4.79 Å². The maximum atomic E-state index is 12.2. The van der Waals surface area contributed by atoms with Crippen LogP contribution in [0.4, 0.5) is 5.88 Å². The minimum atomic E-state index is -0.180. The number of nitrogens with zero attached hydrogens (tertiary/aromatic N) is 2. The molecule has 1 aromatic carbocycles. The summed E-state index contributed by atoms with van der Waals surface area (Å²) < 4.78 is 5.12. The molecule has 2 rings (SSSR count). The molecule has 0 bridgehead atoms. The lowest BCUT2D eigenvalue weighted by molar-refractivity contribution is -0.117. The number of aromatic nitrogens is 1. The Kier molecular flexibility index (Phi) is 6.27. The molecule has 0 radical (unpaired) electrons. The van der Waals surface area contributed by atoms with Crippen LogP contribution in [-0.4, -0.2) is 29.6 Å². The van der Waals surface area contributed by atoms with Gasteiger partial charge >= 0.3 is 0 Å². The minimum absolute atomic E-state index is 0.0403. The van der Waals surface area contributed by atoms with E-state index < -0.39 is 0 Å². The van der Waals surface area contributed by atoms with Crippen molar-refractivity contribution in [1.29, 1.82) is 0 Å². The van der Waals surface area contributed by atoms with Gasteiger partial charge in [-0.05, 0) is 37.6 Å². The number of anilines is 1. The molecule has 1 aromatic heterocycles. The zero-order valence-electron chi connectivity index (χ0n) is 14.1. The number of rotatable bonds is 6. The first kappa shape index (κ1) is 18.8. The fourth-order valence-corrected chi connectivity index (χ4v) is 2.80. The average molecular weight is 370 g/mol. The van der Waals surface area contributed by atoms with Crippen molar-refractivity contribution in [3.05, 3.63) is 45.6 Å². The molecule has 0 fully saturated rings. The van der Waals surface area contributed by atoms with Crippen LogP contribution in [0.2, 0.25) is 10.0 Å². The maximum absolute atomic E-state index is 12.2. The number of likely N-dealkylation sites (N-methyl/N-ethyl adjacent to an activating group) is 1. The third-order valence-electron chi connectivity index (χ3n) is 3.85. The summed E-state index contributed by atoms with van der Waals surface area (Å²) in [7, 11) is 1.86. The van der Waals surface area contributed by atoms with Crippen molar-refractivity contribution < 1.29 is 9.32 Å². The van der Waals surface area contributed by atoms with Gasteiger partial charge in [0.2, 0.25) is 11.8 Å². The van der Waals surface area contributed by atoms with Gasteiger partial charge in [0.25, 0.3) is 0 Å². The van der Waals surface area contributed by atoms with Gasteiger partial charge < -0.3 is 4.52 Å². The average Bonchev–Trinajstić information content (AvgIpc) is 2.95. The molecule has 1 heterocycles. The summed E-state index contributed by atoms with van der Waals surface area (Å²) in [6, 6.07) is 7.05. The van der Waals surface area contributed by atoms with Crippen LogP contribution in [0.25, 0.3) is 0 Å². The molecule has 0 saturated carbocycles. The van der Waals surface area contributed by atoms with E-state index in [0.717, 1.165) is 11.3 Å². The van der Waals surface area contributed by atoms with Crippen molar-refractivity contribution in [2.45, 2.75) is 32.7 Å². The number of halogens is 2. The second kappa shape index (κ2) is 8.01. The van der Waals surface area contributed by atoms with Crippen molar-refractivity contribution in [1.82, 2.24) is 10.1 Å². The smallest absolute Gasteiger partial charge is 0.240 e. The van der Waals surface area contributed by atoms with E-state index >= 15 is 0 Å². The van der Waals surface area contributed by atoms with E-state index in [1.54, 1.807) is 18.2 Å². The zero-order valence-corrected chi connectivity index (χ0v) is 15.6. The summed E-state index contributed by atoms with van der Waals surface area (Å²) in [5.74, 6) is 0.421. The molecular formula is C17H21Cl2N3O2. The molecule has 0 spiro atoms. The summed E-state index contributed by atoms with van der Waals surface area (Å²) in [6.07, 6.45) is 0. The van der Waals surface area contributed by atoms with E-state index in [1.165, 1.54) is 0 Å². The highest BCUT2D eigenvalue weighted by Gasteiger charge is 2.18. The maximum Gasteiger partial charge on any atom is 0.240 e. The van der Waals surface area contributed by atoms with Crippen LogP contribution in [-0.2, 0) is 4.79 Å². The Labute approximate surface area is 151 Å². The first-order valence-corrected chi connectivity index (χ1v) is 8.45. The lowest BCUT2D eigenvalue weighted by Crippen LogP contribution is -2.32. The summed E-state index contributed by atoms with van der Waals surface area (Å²) >= 11 is 12.2. The normalized spacial score (nSPS) is 12.7. The van der Waals surface area contributed by atoms with Crippen molar-refractivity contribution in [2.24, 2.45) is 0 Å². The number of carbonyl (C=O) groups is 1. The monoisotopic (exact) mass is 369 g/mol. The van der Waals surface area contributed by atoms with E-state index in [0.29, 0.717) is 15.9 Å². The number of carbonyl (C=O) groups excluding carboxylic acids is 1. The Balaban J connectivity index is 1.97. The highest BCUT2D eigenvalue weighted by Crippen LogP contribution is 2.29. The van der Waals surface area contributed by atoms with Gasteiger partial charge in [0.15, 0.2) is 0 Å². The Morgan fingerprint density at radius 2 is 2.00 bits per heavy atom. The topological polar surface area (TPSA) is 58.4 Å². The summed E-state index contributed by atoms with van der Waals surface area (Å²) in [5, 5.41) is 7.80. The van der Waals surface area contributed by atoms with Crippen LogP contribution in [0.5, 0.6) is 0 Å². The van der Waals surface area contributed by atoms with Crippen LogP contribution in [0.15, 0.2) is 28.8 Å². The first-order valence-electron chi connectivity index (χ1n) is 7.69. The number of amides is 1. The van der Waals surface area contributed by atoms with Crippen LogP contribution in [0.1, 0.15) is 44.0 Å². The van der Waals surface area contributed by atoms with Gasteiger partial charge in [0.05, 0.1) is 12.2 Å². The molecule has 130 valence electrons. The molecule has 1 atom stereocenters. The van der Waals surface area contributed by atoms with Gasteiger partial charge in [0.1, 0.15) is 0 Å². The molecule has 2 aromatic rings. The molecule has 0 aliphatic carbocycles. The van der Waals surface area contributed by atoms with Crippen molar-refractivity contribution in [3.8, 4) is 0 Å². The van der Waals surface area contributed by atoms with E-state index in [-0.39, 0.29) is 24.4 Å². The predicted molar refractivity (Wildman–Crippen MR) is 96.7 cm³/mol. The standard InChI is InChI=1S/C17H21Cl2N3O2/c1-10(2)15-8-17(24-21-15)20-16(23)9-22(4)11(3)13-6-5-12(18)7-14(13)19/h5-8,10-11H,9H2,1-4H3,(H,20,23). The zero-order chi connectivity index (χ0) is 17.9. The molecule has 0 aliphatic heterocycles. The molecular weight excluding hydrogens is 349 g/mol. The first-order chi connectivity index (χ1) is 11.3. The number of nitrogens with one attached hydrogen (secondary N) is 1. The van der Waals surface area contributed by atoms with Gasteiger partial charge in [-0.2, -0.15) is 0 Å². The van der Waals surface area contributed by atoms with E-state index in [4.69, 9.17) is 27.7 Å². The van der Waals surface area contributed by atoms with Crippen LogP contribution < -0.4 is 5.32 Å². The quantitative estimate of drug-likeness (QED) is 0.798. The van der Waals surface area contributed by atoms with Crippen molar-refractivity contribution in [2.75, 3.05) is 18.9 Å². The summed E-state index contributed by atoms with van der Waals surface area (Å²) in [4.78, 5) is 14.1. The molecule has 1 unspecified atom stereocenters. The molecule has 7 heteroatoms. The van der Waals surface area contributed by atoms with Gasteiger partial charge in [-0.15, -0.1) is 0 Å². The number of hydrogen-bond acceptors (Lipinski definition) is 4. The molecule has 1 amide bonds. The third kappa shape index (κ3) is 4.72. The van der Waals surface area contributed by atoms with Gasteiger partial charge in [-0.1, -0.05) is 48.3 Å². The van der Waals surface area contributed by atoms with Crippen LogP contribution in [0, 0.1) is 0 Å². The molecule has 5 nitrogen and oxygen atoms in total. The van der Waals surface area contributed by atoms with Gasteiger partial charge in [-0.3, -0.25) is 15.0 Å². The predicted octanol–water partition coefficient (Wildman–Crippen LogP) is 4.74. The van der Waals surface area contributed by atoms with E-state index in [1.807, 2.05) is 38.8 Å². The number of hydrogen-bond donors (Lipinski definition) is 1. The molecule has 0 aliphatic rings. The third-order valence-corrected chi connectivity index (χ3v) is 4.41. The van der Waals surface area contributed by atoms with Gasteiger partial charge in [-0.25, -0.2) is 0 Å². The van der Waals surface area contributed by atoms with Gasteiger partial charge in [0, 0.05) is 22.2 Å². The molecule has 24 heavy (non-hydrogen) atoms. The van der Waals surface area contributed by atoms with Crippen LogP contribution in [0.3, 0.4) is 0 Å². The lowest BCUT2D eigenvalue weighted by Gasteiger charge is -2.25. The number of benzene rings is 1. The largest absolute Gasteiger partial charge is 0.338 e.